The van der Waals surface area contributed by atoms with Crippen molar-refractivity contribution in [2.45, 2.75) is 130 Å². The van der Waals surface area contributed by atoms with E-state index in [1.54, 1.807) is 0 Å². The predicted octanol–water partition coefficient (Wildman–Crippen LogP) is 8.71. The predicted molar refractivity (Wildman–Crippen MR) is 136 cm³/mol. The molecule has 0 fully saturated rings. The Balaban J connectivity index is 1.77. The lowest BCUT2D eigenvalue weighted by Gasteiger charge is -2.08. The van der Waals surface area contributed by atoms with Gasteiger partial charge in [-0.3, -0.25) is 0 Å². The van der Waals surface area contributed by atoms with E-state index in [9.17, 15) is 0 Å². The lowest BCUT2D eigenvalue weighted by Crippen LogP contribution is -2.03. The average Bonchev–Trinajstić information content (AvgIpc) is 3.18. The molecular weight excluding hydrogens is 376 g/mol. The highest BCUT2D eigenvalue weighted by Crippen LogP contribution is 2.15. The van der Waals surface area contributed by atoms with Gasteiger partial charge in [0.1, 0.15) is 5.82 Å². The van der Waals surface area contributed by atoms with Gasteiger partial charge >= 0.3 is 0 Å². The van der Waals surface area contributed by atoms with Crippen LogP contribution < -0.4 is 0 Å². The molecule has 0 saturated heterocycles. The number of imidazole rings is 1. The molecule has 1 aromatic heterocycles. The summed E-state index contributed by atoms with van der Waals surface area (Å²) in [6.07, 6.45) is 24.7. The molecule has 0 radical (unpaired) electrons. The van der Waals surface area contributed by atoms with Crippen molar-refractivity contribution in [3.05, 3.63) is 53.6 Å². The summed E-state index contributed by atoms with van der Waals surface area (Å²) < 4.78 is 2.49. The molecule has 0 aliphatic heterocycles. The average molecular weight is 425 g/mol. The Labute approximate surface area is 192 Å². The van der Waals surface area contributed by atoms with Gasteiger partial charge in [-0.15, -0.1) is 0 Å². The summed E-state index contributed by atoms with van der Waals surface area (Å²) in [5.74, 6) is 1.34. The van der Waals surface area contributed by atoms with Gasteiger partial charge in [0, 0.05) is 19.2 Å². The molecule has 2 aromatic rings. The van der Waals surface area contributed by atoms with Crippen molar-refractivity contribution in [3.8, 4) is 0 Å². The number of aryl methyl sites for hydroxylation is 4. The summed E-state index contributed by atoms with van der Waals surface area (Å²) in [5, 5.41) is 0. The van der Waals surface area contributed by atoms with Crippen LogP contribution in [0, 0.1) is 0 Å². The zero-order valence-electron chi connectivity index (χ0n) is 20.6. The van der Waals surface area contributed by atoms with E-state index in [1.807, 2.05) is 0 Å². The zero-order chi connectivity index (χ0) is 22.0. The maximum Gasteiger partial charge on any atom is 0.108 e. The fraction of sp³-hybridized carbons (Fsp3) is 0.690. The third kappa shape index (κ3) is 11.6. The number of benzene rings is 1. The van der Waals surface area contributed by atoms with Gasteiger partial charge in [-0.1, -0.05) is 115 Å². The third-order valence-electron chi connectivity index (χ3n) is 6.41. The van der Waals surface area contributed by atoms with Gasteiger partial charge in [0.15, 0.2) is 0 Å². The zero-order valence-corrected chi connectivity index (χ0v) is 20.6. The van der Waals surface area contributed by atoms with Gasteiger partial charge in [0.25, 0.3) is 0 Å². The van der Waals surface area contributed by atoms with Crippen molar-refractivity contribution < 1.29 is 0 Å². The van der Waals surface area contributed by atoms with Crippen LogP contribution in [0.1, 0.15) is 121 Å². The quantitative estimate of drug-likeness (QED) is 0.206. The Morgan fingerprint density at radius 2 is 1.23 bits per heavy atom. The van der Waals surface area contributed by atoms with Crippen molar-refractivity contribution in [3.63, 3.8) is 0 Å². The van der Waals surface area contributed by atoms with Crippen LogP contribution in [0.3, 0.4) is 0 Å². The fourth-order valence-corrected chi connectivity index (χ4v) is 4.45. The molecular formula is C29H48N2. The van der Waals surface area contributed by atoms with Crippen LogP contribution in [-0.2, 0) is 25.8 Å². The van der Waals surface area contributed by atoms with E-state index in [0.29, 0.717) is 0 Å². The molecule has 2 rings (SSSR count). The van der Waals surface area contributed by atoms with Crippen molar-refractivity contribution in [1.82, 2.24) is 9.55 Å². The first-order chi connectivity index (χ1) is 15.3. The van der Waals surface area contributed by atoms with E-state index in [0.717, 1.165) is 25.8 Å². The van der Waals surface area contributed by atoms with E-state index >= 15 is 0 Å². The Morgan fingerprint density at radius 3 is 1.90 bits per heavy atom. The highest BCUT2D eigenvalue weighted by atomic mass is 15.1. The van der Waals surface area contributed by atoms with Gasteiger partial charge in [-0.25, -0.2) is 4.98 Å². The van der Waals surface area contributed by atoms with Crippen LogP contribution in [0.25, 0.3) is 0 Å². The molecule has 2 nitrogen and oxygen atoms in total. The Hall–Kier alpha value is -1.57. The lowest BCUT2D eigenvalue weighted by atomic mass is 10.1. The molecule has 0 aliphatic rings. The SMILES string of the molecule is CCCCCCCCCCc1nc(CCCc2ccccc2)cn1CCCCCCC. The summed E-state index contributed by atoms with van der Waals surface area (Å²) in [6, 6.07) is 10.9. The number of rotatable bonds is 19. The normalized spacial score (nSPS) is 11.3. The monoisotopic (exact) mass is 424 g/mol. The third-order valence-corrected chi connectivity index (χ3v) is 6.41. The first kappa shape index (κ1) is 25.7. The second kappa shape index (κ2) is 17.0. The topological polar surface area (TPSA) is 17.8 Å². The molecule has 0 amide bonds. The number of unbranched alkanes of at least 4 members (excludes halogenated alkanes) is 11. The summed E-state index contributed by atoms with van der Waals surface area (Å²) in [4.78, 5) is 5.08. The second-order valence-electron chi connectivity index (χ2n) is 9.32. The Kier molecular flexibility index (Phi) is 14.1. The highest BCUT2D eigenvalue weighted by Gasteiger charge is 2.08. The molecule has 0 unspecified atom stereocenters. The largest absolute Gasteiger partial charge is 0.335 e. The molecule has 0 N–H and O–H groups in total. The fourth-order valence-electron chi connectivity index (χ4n) is 4.45. The minimum absolute atomic E-state index is 1.10. The molecule has 174 valence electrons. The minimum Gasteiger partial charge on any atom is -0.335 e. The number of hydrogen-bond acceptors (Lipinski definition) is 1. The van der Waals surface area contributed by atoms with Gasteiger partial charge in [0.05, 0.1) is 5.69 Å². The van der Waals surface area contributed by atoms with Crippen LogP contribution in [0.2, 0.25) is 0 Å². The summed E-state index contributed by atoms with van der Waals surface area (Å²) in [5.41, 5.74) is 2.75. The van der Waals surface area contributed by atoms with Gasteiger partial charge in [0.2, 0.25) is 0 Å². The van der Waals surface area contributed by atoms with Crippen molar-refractivity contribution >= 4 is 0 Å². The second-order valence-corrected chi connectivity index (χ2v) is 9.32. The molecule has 0 atom stereocenters. The molecule has 1 aromatic carbocycles. The van der Waals surface area contributed by atoms with Crippen LogP contribution in [0.5, 0.6) is 0 Å². The van der Waals surface area contributed by atoms with E-state index in [2.05, 4.69) is 54.9 Å². The standard InChI is InChI=1S/C29H48N2/c1-3-5-7-9-10-11-12-17-24-29-30-28(23-19-22-27-20-15-14-16-21-27)26-31(29)25-18-13-8-6-4-2/h14-16,20-21,26H,3-13,17-19,22-25H2,1-2H3. The van der Waals surface area contributed by atoms with Crippen LogP contribution in [0.15, 0.2) is 36.5 Å². The van der Waals surface area contributed by atoms with E-state index < -0.39 is 0 Å². The number of aromatic nitrogens is 2. The van der Waals surface area contributed by atoms with Gasteiger partial charge < -0.3 is 4.57 Å². The van der Waals surface area contributed by atoms with Gasteiger partial charge in [-0.05, 0) is 37.7 Å². The molecule has 0 aliphatic carbocycles. The van der Waals surface area contributed by atoms with Crippen LogP contribution in [0.4, 0.5) is 0 Å². The molecule has 0 spiro atoms. The van der Waals surface area contributed by atoms with E-state index in [4.69, 9.17) is 4.98 Å². The van der Waals surface area contributed by atoms with E-state index in [-0.39, 0.29) is 0 Å². The summed E-state index contributed by atoms with van der Waals surface area (Å²) in [7, 11) is 0. The van der Waals surface area contributed by atoms with Crippen LogP contribution in [-0.4, -0.2) is 9.55 Å². The highest BCUT2D eigenvalue weighted by molar-refractivity contribution is 5.15. The lowest BCUT2D eigenvalue weighted by molar-refractivity contribution is 0.538. The first-order valence-corrected chi connectivity index (χ1v) is 13.4. The first-order valence-electron chi connectivity index (χ1n) is 13.4. The molecule has 0 saturated carbocycles. The van der Waals surface area contributed by atoms with E-state index in [1.165, 1.54) is 107 Å². The molecule has 0 bridgehead atoms. The minimum atomic E-state index is 1.10. The molecule has 2 heteroatoms. The van der Waals surface area contributed by atoms with Crippen molar-refractivity contribution in [1.29, 1.82) is 0 Å². The number of nitrogens with zero attached hydrogens (tertiary/aromatic N) is 2. The smallest absolute Gasteiger partial charge is 0.108 e. The number of hydrogen-bond donors (Lipinski definition) is 0. The summed E-state index contributed by atoms with van der Waals surface area (Å²) >= 11 is 0. The molecule has 1 heterocycles. The maximum absolute atomic E-state index is 5.08. The summed E-state index contributed by atoms with van der Waals surface area (Å²) in [6.45, 7) is 5.74. The van der Waals surface area contributed by atoms with Gasteiger partial charge in [-0.2, -0.15) is 0 Å². The Bertz CT molecular complexity index is 659. The van der Waals surface area contributed by atoms with Crippen LogP contribution >= 0.6 is 0 Å². The Morgan fingerprint density at radius 1 is 0.613 bits per heavy atom. The molecule has 31 heavy (non-hydrogen) atoms. The van der Waals surface area contributed by atoms with Crippen molar-refractivity contribution in [2.75, 3.05) is 0 Å². The van der Waals surface area contributed by atoms with Crippen molar-refractivity contribution in [2.24, 2.45) is 0 Å². The maximum atomic E-state index is 5.08.